The van der Waals surface area contributed by atoms with Crippen molar-refractivity contribution in [2.75, 3.05) is 39.4 Å². The maximum absolute atomic E-state index is 12.7. The van der Waals surface area contributed by atoms with E-state index in [2.05, 4.69) is 22.3 Å². The van der Waals surface area contributed by atoms with E-state index >= 15 is 0 Å². The Morgan fingerprint density at radius 1 is 1.09 bits per heavy atom. The van der Waals surface area contributed by atoms with Gasteiger partial charge in [-0.3, -0.25) is 14.5 Å². The van der Waals surface area contributed by atoms with E-state index in [0.717, 1.165) is 41.7 Å². The molecule has 0 unspecified atom stereocenters. The van der Waals surface area contributed by atoms with Crippen LogP contribution in [-0.2, 0) is 29.1 Å². The molecule has 0 aliphatic carbocycles. The van der Waals surface area contributed by atoms with Gasteiger partial charge < -0.3 is 20.1 Å². The standard InChI is InChI=1S/C27H37N3O4/c1-2-30(14-15-31)27(33)18-23-11-12-25-24(17-23)20-29(19-22-9-5-3-6-10-22)21-26(32)28-13-7-4-8-16-34-25/h3,5-6,9-12,17,31H,2,4,7-8,13-16,18-21H2,1H3,(H,28,32). The van der Waals surface area contributed by atoms with Crippen molar-refractivity contribution in [1.82, 2.24) is 15.1 Å². The Morgan fingerprint density at radius 3 is 2.68 bits per heavy atom. The van der Waals surface area contributed by atoms with Gasteiger partial charge in [-0.05, 0) is 43.4 Å². The molecule has 0 saturated heterocycles. The van der Waals surface area contributed by atoms with E-state index in [-0.39, 0.29) is 31.4 Å². The number of carbonyl (C=O) groups excluding carboxylic acids is 2. The van der Waals surface area contributed by atoms with Crippen LogP contribution in [0.1, 0.15) is 42.9 Å². The number of carbonyl (C=O) groups is 2. The molecule has 2 aromatic rings. The largest absolute Gasteiger partial charge is 0.493 e. The molecular weight excluding hydrogens is 430 g/mol. The van der Waals surface area contributed by atoms with Gasteiger partial charge in [0.25, 0.3) is 0 Å². The molecule has 0 aromatic heterocycles. The zero-order valence-corrected chi connectivity index (χ0v) is 20.2. The van der Waals surface area contributed by atoms with Gasteiger partial charge in [-0.1, -0.05) is 42.5 Å². The predicted octanol–water partition coefficient (Wildman–Crippen LogP) is 2.75. The zero-order chi connectivity index (χ0) is 24.2. The van der Waals surface area contributed by atoms with Crippen molar-refractivity contribution in [3.8, 4) is 5.75 Å². The van der Waals surface area contributed by atoms with Crippen LogP contribution in [0.25, 0.3) is 0 Å². The summed E-state index contributed by atoms with van der Waals surface area (Å²) in [6.45, 7) is 5.53. The number of benzene rings is 2. The van der Waals surface area contributed by atoms with E-state index in [1.54, 1.807) is 4.90 Å². The van der Waals surface area contributed by atoms with E-state index in [0.29, 0.717) is 39.3 Å². The van der Waals surface area contributed by atoms with Crippen molar-refractivity contribution < 1.29 is 19.4 Å². The Morgan fingerprint density at radius 2 is 1.91 bits per heavy atom. The fourth-order valence-corrected chi connectivity index (χ4v) is 4.20. The van der Waals surface area contributed by atoms with Crippen LogP contribution in [0, 0.1) is 0 Å². The number of hydrogen-bond donors (Lipinski definition) is 2. The molecule has 34 heavy (non-hydrogen) atoms. The Labute approximate surface area is 202 Å². The minimum Gasteiger partial charge on any atom is -0.493 e. The third-order valence-electron chi connectivity index (χ3n) is 6.00. The van der Waals surface area contributed by atoms with Crippen LogP contribution in [0.4, 0.5) is 0 Å². The van der Waals surface area contributed by atoms with Crippen molar-refractivity contribution in [2.45, 2.75) is 45.7 Å². The average Bonchev–Trinajstić information content (AvgIpc) is 2.84. The summed E-state index contributed by atoms with van der Waals surface area (Å²) in [7, 11) is 0. The van der Waals surface area contributed by atoms with Gasteiger partial charge in [-0.15, -0.1) is 0 Å². The van der Waals surface area contributed by atoms with Gasteiger partial charge in [0.2, 0.25) is 11.8 Å². The minimum absolute atomic E-state index is 0.0115. The van der Waals surface area contributed by atoms with Gasteiger partial charge in [0.1, 0.15) is 5.75 Å². The highest BCUT2D eigenvalue weighted by Crippen LogP contribution is 2.24. The van der Waals surface area contributed by atoms with Crippen LogP contribution in [0.2, 0.25) is 0 Å². The SMILES string of the molecule is CCN(CCO)C(=O)Cc1ccc2c(c1)CN(Cc1ccccc1)CC(=O)NCCCCCO2. The number of fused-ring (bicyclic) bond motifs is 1. The lowest BCUT2D eigenvalue weighted by Crippen LogP contribution is -2.37. The lowest BCUT2D eigenvalue weighted by Gasteiger charge is -2.24. The number of hydrogen-bond acceptors (Lipinski definition) is 5. The monoisotopic (exact) mass is 467 g/mol. The number of nitrogens with zero attached hydrogens (tertiary/aromatic N) is 2. The van der Waals surface area contributed by atoms with Crippen molar-refractivity contribution in [1.29, 1.82) is 0 Å². The number of aliphatic hydroxyl groups is 1. The molecule has 0 saturated carbocycles. The fraction of sp³-hybridized carbons (Fsp3) is 0.481. The molecule has 0 radical (unpaired) electrons. The van der Waals surface area contributed by atoms with E-state index in [4.69, 9.17) is 4.74 Å². The summed E-state index contributed by atoms with van der Waals surface area (Å²) < 4.78 is 6.13. The van der Waals surface area contributed by atoms with Gasteiger partial charge in [0.05, 0.1) is 26.2 Å². The van der Waals surface area contributed by atoms with Crippen molar-refractivity contribution in [2.24, 2.45) is 0 Å². The summed E-state index contributed by atoms with van der Waals surface area (Å²) in [5.74, 6) is 0.811. The second kappa shape index (κ2) is 13.7. The number of aliphatic hydroxyl groups excluding tert-OH is 1. The average molecular weight is 468 g/mol. The maximum Gasteiger partial charge on any atom is 0.234 e. The third-order valence-corrected chi connectivity index (χ3v) is 6.00. The molecule has 0 atom stereocenters. The van der Waals surface area contributed by atoms with E-state index in [1.165, 1.54) is 0 Å². The molecule has 0 bridgehead atoms. The molecule has 2 aromatic carbocycles. The Hall–Kier alpha value is -2.90. The quantitative estimate of drug-likeness (QED) is 0.654. The number of likely N-dealkylation sites (N-methyl/N-ethyl adjacent to an activating group) is 1. The third kappa shape index (κ3) is 8.15. The molecule has 1 aliphatic rings. The summed E-state index contributed by atoms with van der Waals surface area (Å²) >= 11 is 0. The van der Waals surface area contributed by atoms with Crippen molar-refractivity contribution in [3.05, 3.63) is 65.2 Å². The summed E-state index contributed by atoms with van der Waals surface area (Å²) in [6, 6.07) is 16.0. The van der Waals surface area contributed by atoms with Crippen LogP contribution in [0.15, 0.2) is 48.5 Å². The highest BCUT2D eigenvalue weighted by atomic mass is 16.5. The van der Waals surface area contributed by atoms with Gasteiger partial charge in [0.15, 0.2) is 0 Å². The fourth-order valence-electron chi connectivity index (χ4n) is 4.20. The summed E-state index contributed by atoms with van der Waals surface area (Å²) in [6.07, 6.45) is 3.12. The number of amides is 2. The Balaban J connectivity index is 1.85. The topological polar surface area (TPSA) is 82.1 Å². The molecule has 3 rings (SSSR count). The molecule has 0 fully saturated rings. The highest BCUT2D eigenvalue weighted by Gasteiger charge is 2.18. The molecule has 1 heterocycles. The van der Waals surface area contributed by atoms with E-state index < -0.39 is 0 Å². The molecular formula is C27H37N3O4. The predicted molar refractivity (Wildman–Crippen MR) is 132 cm³/mol. The smallest absolute Gasteiger partial charge is 0.234 e. The Kier molecular flexibility index (Phi) is 10.4. The molecule has 0 spiro atoms. The Bertz CT molecular complexity index is 919. The molecule has 184 valence electrons. The van der Waals surface area contributed by atoms with Crippen LogP contribution >= 0.6 is 0 Å². The zero-order valence-electron chi connectivity index (χ0n) is 20.2. The molecule has 1 aliphatic heterocycles. The van der Waals surface area contributed by atoms with Gasteiger partial charge in [-0.25, -0.2) is 0 Å². The second-order valence-electron chi connectivity index (χ2n) is 8.71. The summed E-state index contributed by atoms with van der Waals surface area (Å²) in [4.78, 5) is 29.1. The van der Waals surface area contributed by atoms with Crippen LogP contribution < -0.4 is 10.1 Å². The van der Waals surface area contributed by atoms with Crippen molar-refractivity contribution >= 4 is 11.8 Å². The molecule has 7 heteroatoms. The number of ether oxygens (including phenoxy) is 1. The first-order valence-corrected chi connectivity index (χ1v) is 12.2. The highest BCUT2D eigenvalue weighted by molar-refractivity contribution is 5.79. The first-order chi connectivity index (χ1) is 16.6. The number of nitrogens with one attached hydrogen (secondary N) is 1. The molecule has 2 N–H and O–H groups in total. The van der Waals surface area contributed by atoms with Gasteiger partial charge in [0, 0.05) is 38.3 Å². The van der Waals surface area contributed by atoms with E-state index in [1.807, 2.05) is 43.3 Å². The van der Waals surface area contributed by atoms with Crippen molar-refractivity contribution in [3.63, 3.8) is 0 Å². The lowest BCUT2D eigenvalue weighted by atomic mass is 10.0. The first kappa shape index (κ1) is 25.7. The maximum atomic E-state index is 12.7. The second-order valence-corrected chi connectivity index (χ2v) is 8.71. The summed E-state index contributed by atoms with van der Waals surface area (Å²) in [5, 5.41) is 12.3. The number of rotatable bonds is 7. The normalized spacial score (nSPS) is 15.6. The molecule has 7 nitrogen and oxygen atoms in total. The first-order valence-electron chi connectivity index (χ1n) is 12.2. The van der Waals surface area contributed by atoms with Crippen LogP contribution in [0.5, 0.6) is 5.75 Å². The lowest BCUT2D eigenvalue weighted by molar-refractivity contribution is -0.130. The van der Waals surface area contributed by atoms with Crippen LogP contribution in [0.3, 0.4) is 0 Å². The van der Waals surface area contributed by atoms with Gasteiger partial charge >= 0.3 is 0 Å². The van der Waals surface area contributed by atoms with E-state index in [9.17, 15) is 14.7 Å². The summed E-state index contributed by atoms with van der Waals surface area (Å²) in [5.41, 5.74) is 3.01. The molecule has 2 amide bonds. The van der Waals surface area contributed by atoms with Gasteiger partial charge in [-0.2, -0.15) is 0 Å². The minimum atomic E-state index is -0.0475. The van der Waals surface area contributed by atoms with Crippen LogP contribution in [-0.4, -0.2) is 66.1 Å².